The van der Waals surface area contributed by atoms with Gasteiger partial charge in [-0.1, -0.05) is 0 Å². The number of hydrogen-bond acceptors (Lipinski definition) is 2. The fourth-order valence-electron chi connectivity index (χ4n) is 1.87. The molecule has 0 saturated heterocycles. The van der Waals surface area contributed by atoms with Crippen LogP contribution in [0.3, 0.4) is 0 Å². The van der Waals surface area contributed by atoms with Gasteiger partial charge in [0.15, 0.2) is 0 Å². The first kappa shape index (κ1) is 12.6. The second kappa shape index (κ2) is 5.05. The zero-order valence-electron chi connectivity index (χ0n) is 7.96. The van der Waals surface area contributed by atoms with Crippen LogP contribution < -0.4 is 0 Å². The Kier molecular flexibility index (Phi) is 4.90. The summed E-state index contributed by atoms with van der Waals surface area (Å²) in [5.74, 6) is 0. The first-order valence-corrected chi connectivity index (χ1v) is 7.76. The van der Waals surface area contributed by atoms with Crippen LogP contribution in [0.25, 0.3) is 0 Å². The second-order valence-corrected chi connectivity index (χ2v) is 8.54. The van der Waals surface area contributed by atoms with Crippen molar-refractivity contribution >= 4 is 49.5 Å². The van der Waals surface area contributed by atoms with Crippen molar-refractivity contribution < 1.29 is 9.47 Å². The summed E-state index contributed by atoms with van der Waals surface area (Å²) in [7, 11) is 3.57. The van der Waals surface area contributed by atoms with E-state index in [0.29, 0.717) is 4.75 Å². The molecule has 0 N–H and O–H groups in total. The molecule has 1 aliphatic carbocycles. The minimum absolute atomic E-state index is 0.0914. The standard InChI is InChI=1S/C8H13Ge3O2/c1-12-7-6(10)3-5(9)4-8(7,11)13-2/h5-7H,3-4H2,1-2H3. The maximum atomic E-state index is 5.60. The summed E-state index contributed by atoms with van der Waals surface area (Å²) in [4.78, 5) is 0. The summed E-state index contributed by atoms with van der Waals surface area (Å²) < 4.78 is 12.4. The van der Waals surface area contributed by atoms with E-state index in [-0.39, 0.29) is 10.5 Å². The Morgan fingerprint density at radius 1 is 1.31 bits per heavy atom. The second-order valence-electron chi connectivity index (χ2n) is 3.49. The van der Waals surface area contributed by atoms with Gasteiger partial charge < -0.3 is 0 Å². The van der Waals surface area contributed by atoms with Crippen LogP contribution in [-0.4, -0.2) is 74.3 Å². The molecule has 1 aliphatic rings. The van der Waals surface area contributed by atoms with Crippen LogP contribution in [0, 0.1) is 0 Å². The molecule has 5 heteroatoms. The molecule has 0 aliphatic heterocycles. The van der Waals surface area contributed by atoms with Gasteiger partial charge in [0.1, 0.15) is 0 Å². The van der Waals surface area contributed by atoms with E-state index in [1.54, 1.807) is 14.2 Å². The molecule has 4 unspecified atom stereocenters. The Balaban J connectivity index is 2.77. The van der Waals surface area contributed by atoms with Gasteiger partial charge in [-0.05, 0) is 0 Å². The molecule has 0 bridgehead atoms. The molecule has 0 amide bonds. The van der Waals surface area contributed by atoms with E-state index in [2.05, 4.69) is 49.5 Å². The van der Waals surface area contributed by atoms with Crippen LogP contribution in [0.2, 0.25) is 9.50 Å². The van der Waals surface area contributed by atoms with E-state index in [1.807, 2.05) is 0 Å². The molecule has 9 radical (unpaired) electrons. The number of hydrogen-bond donors (Lipinski definition) is 0. The Hall–Kier alpha value is 1.55. The van der Waals surface area contributed by atoms with Crippen LogP contribution >= 0.6 is 0 Å². The topological polar surface area (TPSA) is 18.5 Å². The van der Waals surface area contributed by atoms with Crippen molar-refractivity contribution in [1.82, 2.24) is 0 Å². The van der Waals surface area contributed by atoms with Crippen molar-refractivity contribution in [3.63, 3.8) is 0 Å². The number of ether oxygens (including phenoxy) is 2. The van der Waals surface area contributed by atoms with E-state index in [0.717, 1.165) is 11.2 Å². The zero-order valence-corrected chi connectivity index (χ0v) is 14.3. The Morgan fingerprint density at radius 2 is 1.92 bits per heavy atom. The van der Waals surface area contributed by atoms with E-state index in [1.165, 1.54) is 6.42 Å². The van der Waals surface area contributed by atoms with Crippen molar-refractivity contribution in [2.45, 2.75) is 32.9 Å². The third kappa shape index (κ3) is 2.77. The van der Waals surface area contributed by atoms with E-state index in [9.17, 15) is 0 Å². The van der Waals surface area contributed by atoms with Crippen molar-refractivity contribution in [2.24, 2.45) is 0 Å². The van der Waals surface area contributed by atoms with Crippen LogP contribution in [0.4, 0.5) is 0 Å². The molecule has 0 aromatic carbocycles. The molecule has 13 heavy (non-hydrogen) atoms. The van der Waals surface area contributed by atoms with Gasteiger partial charge in [-0.2, -0.15) is 0 Å². The predicted octanol–water partition coefficient (Wildman–Crippen LogP) is 0.220. The molecule has 1 fully saturated rings. The Morgan fingerprint density at radius 3 is 2.38 bits per heavy atom. The van der Waals surface area contributed by atoms with Gasteiger partial charge in [-0.3, -0.25) is 0 Å². The van der Waals surface area contributed by atoms with Crippen LogP contribution in [0.5, 0.6) is 0 Å². The molecule has 0 heterocycles. The number of methoxy groups -OCH3 is 2. The molecule has 1 saturated carbocycles. The molecule has 0 spiro atoms. The molecule has 0 aromatic rings. The third-order valence-corrected chi connectivity index (χ3v) is 6.04. The molecule has 2 nitrogen and oxygen atoms in total. The molecule has 0 aromatic heterocycles. The number of rotatable bonds is 2. The average Bonchev–Trinajstić information content (AvgIpc) is 2.03. The summed E-state index contributed by atoms with van der Waals surface area (Å²) in [6.07, 6.45) is 2.60. The van der Waals surface area contributed by atoms with Crippen LogP contribution in [0.1, 0.15) is 12.8 Å². The summed E-state index contributed by atoms with van der Waals surface area (Å²) in [6.45, 7) is 0. The normalized spacial score (nSPS) is 46.4. The fourth-order valence-corrected chi connectivity index (χ4v) is 8.35. The average molecular weight is 359 g/mol. The van der Waals surface area contributed by atoms with Crippen LogP contribution in [0.15, 0.2) is 0 Å². The maximum absolute atomic E-state index is 5.60. The first-order chi connectivity index (χ1) is 6.03. The van der Waals surface area contributed by atoms with Crippen molar-refractivity contribution in [2.75, 3.05) is 14.2 Å². The monoisotopic (exact) mass is 363 g/mol. The Bertz CT molecular complexity index is 179. The van der Waals surface area contributed by atoms with Crippen molar-refractivity contribution in [1.29, 1.82) is 0 Å². The van der Waals surface area contributed by atoms with Gasteiger partial charge >= 0.3 is 106 Å². The van der Waals surface area contributed by atoms with Crippen molar-refractivity contribution in [3.05, 3.63) is 0 Å². The summed E-state index contributed by atoms with van der Waals surface area (Å²) in [5.41, 5.74) is 0. The fraction of sp³-hybridized carbons (Fsp3) is 1.00. The van der Waals surface area contributed by atoms with Gasteiger partial charge in [0.25, 0.3) is 0 Å². The van der Waals surface area contributed by atoms with Gasteiger partial charge in [-0.15, -0.1) is 0 Å². The summed E-state index contributed by atoms with van der Waals surface area (Å²) >= 11 is 6.70. The van der Waals surface area contributed by atoms with E-state index >= 15 is 0 Å². The van der Waals surface area contributed by atoms with E-state index in [4.69, 9.17) is 9.47 Å². The van der Waals surface area contributed by atoms with Gasteiger partial charge in [0.05, 0.1) is 0 Å². The first-order valence-electron chi connectivity index (χ1n) is 4.28. The predicted molar refractivity (Wildman–Crippen MR) is 54.5 cm³/mol. The van der Waals surface area contributed by atoms with Crippen molar-refractivity contribution in [3.8, 4) is 0 Å². The minimum atomic E-state index is -0.0914. The van der Waals surface area contributed by atoms with Crippen LogP contribution in [-0.2, 0) is 9.47 Å². The SMILES string of the molecule is COC1[CH]([Ge])C[CH]([Ge])C[C]1([Ge])OC. The molecular formula is C8H13Ge3O2. The van der Waals surface area contributed by atoms with Gasteiger partial charge in [0.2, 0.25) is 0 Å². The molecular weight excluding hydrogens is 346 g/mol. The molecule has 69 valence electrons. The zero-order chi connectivity index (χ0) is 10.1. The van der Waals surface area contributed by atoms with E-state index < -0.39 is 0 Å². The van der Waals surface area contributed by atoms with Gasteiger partial charge in [-0.25, -0.2) is 0 Å². The summed E-state index contributed by atoms with van der Waals surface area (Å²) in [6, 6.07) is 0. The van der Waals surface area contributed by atoms with Gasteiger partial charge in [0, 0.05) is 0 Å². The summed E-state index contributed by atoms with van der Waals surface area (Å²) in [5, 5.41) is 0. The molecule has 1 rings (SSSR count). The quantitative estimate of drug-likeness (QED) is 0.657. The Labute approximate surface area is 106 Å². The molecule has 4 atom stereocenters. The third-order valence-electron chi connectivity index (χ3n) is 2.53.